The number of hydrogen-bond acceptors (Lipinski definition) is 3. The second kappa shape index (κ2) is 10.3. The van der Waals surface area contributed by atoms with Crippen LogP contribution in [0.15, 0.2) is 36.4 Å². The number of nitrogens with one attached hydrogen (secondary N) is 3. The zero-order chi connectivity index (χ0) is 21.5. The number of amides is 3. The zero-order valence-corrected chi connectivity index (χ0v) is 17.7. The summed E-state index contributed by atoms with van der Waals surface area (Å²) in [6.45, 7) is 4.40. The molecule has 0 bridgehead atoms. The molecule has 2 aromatic rings. The largest absolute Gasteiger partial charge is 0.371 e. The average molecular weight is 433 g/mol. The molecule has 6 nitrogen and oxygen atoms in total. The van der Waals surface area contributed by atoms with Crippen LogP contribution in [0.1, 0.15) is 43.0 Å². The van der Waals surface area contributed by atoms with E-state index in [9.17, 15) is 14.0 Å². The van der Waals surface area contributed by atoms with Crippen LogP contribution < -0.4 is 20.9 Å². The summed E-state index contributed by atoms with van der Waals surface area (Å²) >= 11 is 5.75. The van der Waals surface area contributed by atoms with Gasteiger partial charge in [-0.05, 0) is 62.1 Å². The van der Waals surface area contributed by atoms with Crippen molar-refractivity contribution in [2.75, 3.05) is 35.2 Å². The first-order valence-electron chi connectivity index (χ1n) is 10.2. The normalized spacial score (nSPS) is 13.6. The van der Waals surface area contributed by atoms with Gasteiger partial charge in [-0.25, -0.2) is 9.18 Å². The van der Waals surface area contributed by atoms with Gasteiger partial charge >= 0.3 is 6.03 Å². The predicted octanol–water partition coefficient (Wildman–Crippen LogP) is 5.25. The second-order valence-electron chi connectivity index (χ2n) is 7.24. The lowest BCUT2D eigenvalue weighted by molar-refractivity contribution is 0.0954. The van der Waals surface area contributed by atoms with Gasteiger partial charge in [0.05, 0.1) is 10.6 Å². The lowest BCUT2D eigenvalue weighted by atomic mass is 10.1. The lowest BCUT2D eigenvalue weighted by Gasteiger charge is -2.30. The molecule has 0 radical (unpaired) electrons. The fourth-order valence-electron chi connectivity index (χ4n) is 3.41. The summed E-state index contributed by atoms with van der Waals surface area (Å²) in [6, 6.07) is 8.76. The smallest absolute Gasteiger partial charge is 0.323 e. The number of nitrogens with zero attached hydrogens (tertiary/aromatic N) is 1. The first-order chi connectivity index (χ1) is 14.5. The van der Waals surface area contributed by atoms with Crippen LogP contribution in [-0.2, 0) is 0 Å². The molecule has 0 atom stereocenters. The molecule has 1 aliphatic heterocycles. The fourth-order valence-corrected chi connectivity index (χ4v) is 3.59. The summed E-state index contributed by atoms with van der Waals surface area (Å²) in [5.74, 6) is -0.717. The Kier molecular flexibility index (Phi) is 7.52. The van der Waals surface area contributed by atoms with Gasteiger partial charge in [-0.15, -0.1) is 0 Å². The molecule has 1 saturated heterocycles. The van der Waals surface area contributed by atoms with Crippen molar-refractivity contribution in [2.24, 2.45) is 0 Å². The van der Waals surface area contributed by atoms with Crippen molar-refractivity contribution < 1.29 is 14.0 Å². The summed E-state index contributed by atoms with van der Waals surface area (Å²) in [6.07, 6.45) is 4.23. The average Bonchev–Trinajstić information content (AvgIpc) is 2.75. The second-order valence-corrected chi connectivity index (χ2v) is 7.65. The summed E-state index contributed by atoms with van der Waals surface area (Å²) in [5, 5.41) is 8.17. The van der Waals surface area contributed by atoms with Crippen LogP contribution in [0.3, 0.4) is 0 Å². The standard InChI is InChI=1S/C22H26ClFN4O2/c1-2-10-25-21(29)17-13-15(7-9-20(17)28-11-4-3-5-12-28)26-22(30)27-16-6-8-19(24)18(23)14-16/h6-9,13-14H,2-5,10-12H2,1H3,(H,25,29)(H2,26,27,30). The van der Waals surface area contributed by atoms with E-state index in [-0.39, 0.29) is 10.9 Å². The molecule has 0 aliphatic carbocycles. The van der Waals surface area contributed by atoms with E-state index in [0.717, 1.165) is 38.0 Å². The number of halogens is 2. The Labute approximate surface area is 180 Å². The fraction of sp³-hybridized carbons (Fsp3) is 0.364. The Morgan fingerprint density at radius 3 is 2.37 bits per heavy atom. The maximum absolute atomic E-state index is 13.3. The molecule has 3 rings (SSSR count). The summed E-state index contributed by atoms with van der Waals surface area (Å²) < 4.78 is 13.3. The molecule has 160 valence electrons. The highest BCUT2D eigenvalue weighted by Crippen LogP contribution is 2.27. The van der Waals surface area contributed by atoms with Crippen molar-refractivity contribution in [3.05, 3.63) is 52.8 Å². The minimum Gasteiger partial charge on any atom is -0.371 e. The van der Waals surface area contributed by atoms with Crippen molar-refractivity contribution in [3.8, 4) is 0 Å². The third kappa shape index (κ3) is 5.63. The van der Waals surface area contributed by atoms with Crippen LogP contribution in [0.25, 0.3) is 0 Å². The number of piperidine rings is 1. The molecule has 1 fully saturated rings. The lowest BCUT2D eigenvalue weighted by Crippen LogP contribution is -2.33. The topological polar surface area (TPSA) is 73.5 Å². The van der Waals surface area contributed by atoms with E-state index in [1.165, 1.54) is 24.6 Å². The summed E-state index contributed by atoms with van der Waals surface area (Å²) in [4.78, 5) is 27.3. The molecule has 8 heteroatoms. The molecule has 0 saturated carbocycles. The van der Waals surface area contributed by atoms with Gasteiger partial charge in [-0.1, -0.05) is 18.5 Å². The van der Waals surface area contributed by atoms with Crippen molar-refractivity contribution in [2.45, 2.75) is 32.6 Å². The molecule has 1 aliphatic rings. The van der Waals surface area contributed by atoms with Crippen molar-refractivity contribution in [1.29, 1.82) is 0 Å². The van der Waals surface area contributed by atoms with E-state index in [2.05, 4.69) is 20.9 Å². The van der Waals surface area contributed by atoms with Gasteiger partial charge in [-0.3, -0.25) is 4.79 Å². The van der Waals surface area contributed by atoms with E-state index in [1.54, 1.807) is 12.1 Å². The number of rotatable bonds is 6. The highest BCUT2D eigenvalue weighted by atomic mass is 35.5. The van der Waals surface area contributed by atoms with Crippen LogP contribution in [-0.4, -0.2) is 31.6 Å². The van der Waals surface area contributed by atoms with Crippen LogP contribution in [0.4, 0.5) is 26.2 Å². The molecular formula is C22H26ClFN4O2. The van der Waals surface area contributed by atoms with Gasteiger partial charge in [0, 0.05) is 36.7 Å². The van der Waals surface area contributed by atoms with E-state index in [0.29, 0.717) is 23.5 Å². The van der Waals surface area contributed by atoms with Gasteiger partial charge in [0.1, 0.15) is 5.82 Å². The number of carbonyl (C=O) groups excluding carboxylic acids is 2. The molecule has 0 unspecified atom stereocenters. The number of anilines is 3. The molecule has 0 spiro atoms. The van der Waals surface area contributed by atoms with Crippen molar-refractivity contribution in [1.82, 2.24) is 5.32 Å². The Balaban J connectivity index is 1.77. The predicted molar refractivity (Wildman–Crippen MR) is 119 cm³/mol. The minimum absolute atomic E-state index is 0.0754. The quantitative estimate of drug-likeness (QED) is 0.583. The first-order valence-corrected chi connectivity index (χ1v) is 10.6. The molecule has 30 heavy (non-hydrogen) atoms. The Hall–Kier alpha value is -2.80. The number of benzene rings is 2. The first kappa shape index (κ1) is 21.9. The van der Waals surface area contributed by atoms with Crippen LogP contribution in [0.2, 0.25) is 5.02 Å². The van der Waals surface area contributed by atoms with Gasteiger partial charge in [0.15, 0.2) is 0 Å². The van der Waals surface area contributed by atoms with E-state index < -0.39 is 11.8 Å². The zero-order valence-electron chi connectivity index (χ0n) is 16.9. The van der Waals surface area contributed by atoms with Crippen LogP contribution >= 0.6 is 11.6 Å². The molecule has 3 N–H and O–H groups in total. The van der Waals surface area contributed by atoms with Crippen molar-refractivity contribution >= 4 is 40.6 Å². The Bertz CT molecular complexity index is 916. The van der Waals surface area contributed by atoms with Gasteiger partial charge in [0.25, 0.3) is 5.91 Å². The molecule has 2 aromatic carbocycles. The highest BCUT2D eigenvalue weighted by molar-refractivity contribution is 6.31. The Morgan fingerprint density at radius 2 is 1.70 bits per heavy atom. The van der Waals surface area contributed by atoms with Crippen LogP contribution in [0.5, 0.6) is 0 Å². The monoisotopic (exact) mass is 432 g/mol. The van der Waals surface area contributed by atoms with Crippen molar-refractivity contribution in [3.63, 3.8) is 0 Å². The van der Waals surface area contributed by atoms with E-state index in [4.69, 9.17) is 11.6 Å². The Morgan fingerprint density at radius 1 is 1.03 bits per heavy atom. The third-order valence-corrected chi connectivity index (χ3v) is 5.20. The van der Waals surface area contributed by atoms with Crippen LogP contribution in [0, 0.1) is 5.82 Å². The van der Waals surface area contributed by atoms with E-state index in [1.807, 2.05) is 13.0 Å². The minimum atomic E-state index is -0.557. The number of carbonyl (C=O) groups is 2. The third-order valence-electron chi connectivity index (χ3n) is 4.91. The van der Waals surface area contributed by atoms with Gasteiger partial charge in [-0.2, -0.15) is 0 Å². The summed E-state index contributed by atoms with van der Waals surface area (Å²) in [5.41, 5.74) is 2.26. The number of urea groups is 1. The molecule has 0 aromatic heterocycles. The van der Waals surface area contributed by atoms with Gasteiger partial charge < -0.3 is 20.9 Å². The van der Waals surface area contributed by atoms with Gasteiger partial charge in [0.2, 0.25) is 0 Å². The van der Waals surface area contributed by atoms with E-state index >= 15 is 0 Å². The maximum Gasteiger partial charge on any atom is 0.323 e. The summed E-state index contributed by atoms with van der Waals surface area (Å²) in [7, 11) is 0. The number of hydrogen-bond donors (Lipinski definition) is 3. The molecular weight excluding hydrogens is 407 g/mol. The molecule has 3 amide bonds. The maximum atomic E-state index is 13.3. The highest BCUT2D eigenvalue weighted by Gasteiger charge is 2.19. The molecule has 1 heterocycles. The SMILES string of the molecule is CCCNC(=O)c1cc(NC(=O)Nc2ccc(F)c(Cl)c2)ccc1N1CCCCC1.